The lowest BCUT2D eigenvalue weighted by Crippen LogP contribution is -2.32. The van der Waals surface area contributed by atoms with Gasteiger partial charge in [0.05, 0.1) is 5.41 Å². The molecule has 9 aromatic rings. The summed E-state index contributed by atoms with van der Waals surface area (Å²) in [6.07, 6.45) is 6.48. The molecule has 1 aliphatic heterocycles. The fourth-order valence-electron chi connectivity index (χ4n) is 9.85. The van der Waals surface area contributed by atoms with E-state index in [4.69, 9.17) is 19.7 Å². The number of hydrogen-bond acceptors (Lipinski definition) is 4. The zero-order valence-electron chi connectivity index (χ0n) is 32.7. The highest BCUT2D eigenvalue weighted by Crippen LogP contribution is 2.62. The lowest BCUT2D eigenvalue weighted by molar-refractivity contribution is 0.436. The number of nitrogens with zero attached hydrogens (tertiary/aromatic N) is 3. The number of benzene rings is 8. The topological polar surface area (TPSA) is 47.9 Å². The second-order valence-corrected chi connectivity index (χ2v) is 15.8. The first-order chi connectivity index (χ1) is 29.7. The number of fused-ring (bicyclic) bond motifs is 10. The van der Waals surface area contributed by atoms with Crippen LogP contribution in [0.5, 0.6) is 11.5 Å². The molecule has 282 valence electrons. The van der Waals surface area contributed by atoms with Crippen molar-refractivity contribution in [3.05, 3.63) is 228 Å². The molecule has 8 aromatic carbocycles. The molecule has 2 heterocycles. The van der Waals surface area contributed by atoms with Gasteiger partial charge in [-0.25, -0.2) is 15.0 Å². The quantitative estimate of drug-likeness (QED) is 0.175. The van der Waals surface area contributed by atoms with Gasteiger partial charge in [0.25, 0.3) is 0 Å². The standard InChI is InChI=1S/C56H37N3O/c1-3-16-36(17-4-1)41-31-32-46(43-23-8-7-22-42(41)43)55-58-53(37-18-5-2-6-19-37)57-54(59-55)40-21-15-20-38(34-40)39-30-33-52-50(35-39)56(49-28-13-14-29-51(49)60-52)47-26-11-9-24-44(47)45-25-10-12-27-48(45)56/h1-6,8-21,23-35H,7,22H2. The Labute approximate surface area is 349 Å². The summed E-state index contributed by atoms with van der Waals surface area (Å²) in [6.45, 7) is 0. The van der Waals surface area contributed by atoms with Crippen LogP contribution in [0.25, 0.3) is 73.6 Å². The van der Waals surface area contributed by atoms with Gasteiger partial charge in [0, 0.05) is 27.8 Å². The van der Waals surface area contributed by atoms with Crippen LogP contribution < -0.4 is 4.74 Å². The van der Waals surface area contributed by atoms with Crippen LogP contribution in [0.3, 0.4) is 0 Å². The second kappa shape index (κ2) is 13.7. The molecule has 0 atom stereocenters. The second-order valence-electron chi connectivity index (χ2n) is 15.8. The molecule has 1 spiro atoms. The Balaban J connectivity index is 1.02. The van der Waals surface area contributed by atoms with E-state index in [-0.39, 0.29) is 0 Å². The molecular weight excluding hydrogens is 731 g/mol. The minimum Gasteiger partial charge on any atom is -0.457 e. The van der Waals surface area contributed by atoms with Crippen LogP contribution in [0.2, 0.25) is 0 Å². The van der Waals surface area contributed by atoms with Crippen LogP contribution in [0.15, 0.2) is 194 Å². The Kier molecular flexibility index (Phi) is 7.85. The van der Waals surface area contributed by atoms with Gasteiger partial charge < -0.3 is 4.74 Å². The van der Waals surface area contributed by atoms with E-state index in [1.165, 1.54) is 44.5 Å². The highest BCUT2D eigenvalue weighted by Gasteiger charge is 2.51. The van der Waals surface area contributed by atoms with E-state index < -0.39 is 5.41 Å². The van der Waals surface area contributed by atoms with E-state index in [1.807, 2.05) is 18.2 Å². The van der Waals surface area contributed by atoms with Gasteiger partial charge in [-0.1, -0.05) is 170 Å². The monoisotopic (exact) mass is 767 g/mol. The van der Waals surface area contributed by atoms with Crippen molar-refractivity contribution < 1.29 is 4.74 Å². The molecule has 60 heavy (non-hydrogen) atoms. The molecule has 0 radical (unpaired) electrons. The molecule has 0 fully saturated rings. The lowest BCUT2D eigenvalue weighted by atomic mass is 9.66. The average Bonchev–Trinajstić information content (AvgIpc) is 3.62. The third-order valence-corrected chi connectivity index (χ3v) is 12.5. The number of aromatic nitrogens is 3. The van der Waals surface area contributed by atoms with Crippen molar-refractivity contribution in [2.75, 3.05) is 0 Å². The SMILES string of the molecule is C1=Cc2c(-c3nc(-c4ccccc4)nc(-c4cccc(-c5ccc6c(c5)C5(c7ccccc7O6)c6ccccc6-c6ccccc65)c4)n3)ccc(-c3ccccc3)c2CC1. The molecule has 0 saturated carbocycles. The maximum Gasteiger partial charge on any atom is 0.164 e. The Morgan fingerprint density at radius 2 is 0.950 bits per heavy atom. The first-order valence-electron chi connectivity index (χ1n) is 20.7. The summed E-state index contributed by atoms with van der Waals surface area (Å²) in [5, 5.41) is 0. The van der Waals surface area contributed by atoms with Crippen LogP contribution in [0, 0.1) is 0 Å². The minimum atomic E-state index is -0.539. The van der Waals surface area contributed by atoms with Crippen molar-refractivity contribution in [1.82, 2.24) is 15.0 Å². The third-order valence-electron chi connectivity index (χ3n) is 12.5. The summed E-state index contributed by atoms with van der Waals surface area (Å²) in [5.74, 6) is 3.69. The maximum absolute atomic E-state index is 6.73. The summed E-state index contributed by atoms with van der Waals surface area (Å²) < 4.78 is 6.73. The average molecular weight is 768 g/mol. The predicted molar refractivity (Wildman–Crippen MR) is 242 cm³/mol. The van der Waals surface area contributed by atoms with Gasteiger partial charge in [-0.05, 0) is 98.8 Å². The Morgan fingerprint density at radius 1 is 0.383 bits per heavy atom. The number of allylic oxidation sites excluding steroid dienone is 1. The fraction of sp³-hybridized carbons (Fsp3) is 0.0536. The van der Waals surface area contributed by atoms with Crippen molar-refractivity contribution in [2.45, 2.75) is 18.3 Å². The van der Waals surface area contributed by atoms with Crippen molar-refractivity contribution in [1.29, 1.82) is 0 Å². The van der Waals surface area contributed by atoms with Crippen molar-refractivity contribution >= 4 is 6.08 Å². The highest BCUT2D eigenvalue weighted by molar-refractivity contribution is 5.89. The van der Waals surface area contributed by atoms with Crippen LogP contribution in [-0.2, 0) is 11.8 Å². The predicted octanol–water partition coefficient (Wildman–Crippen LogP) is 13.6. The maximum atomic E-state index is 6.73. The summed E-state index contributed by atoms with van der Waals surface area (Å²) in [4.78, 5) is 15.6. The summed E-state index contributed by atoms with van der Waals surface area (Å²) in [7, 11) is 0. The molecule has 4 nitrogen and oxygen atoms in total. The van der Waals surface area contributed by atoms with E-state index in [0.29, 0.717) is 17.5 Å². The zero-order chi connectivity index (χ0) is 39.6. The largest absolute Gasteiger partial charge is 0.457 e. The molecule has 1 aromatic heterocycles. The van der Waals surface area contributed by atoms with Gasteiger partial charge >= 0.3 is 0 Å². The van der Waals surface area contributed by atoms with Crippen molar-refractivity contribution in [3.8, 4) is 79.0 Å². The molecule has 0 saturated heterocycles. The van der Waals surface area contributed by atoms with Crippen LogP contribution in [0.1, 0.15) is 39.8 Å². The van der Waals surface area contributed by atoms with E-state index in [1.54, 1.807) is 0 Å². The van der Waals surface area contributed by atoms with E-state index >= 15 is 0 Å². The first-order valence-corrected chi connectivity index (χ1v) is 20.7. The fourth-order valence-corrected chi connectivity index (χ4v) is 9.85. The molecule has 3 aliphatic rings. The smallest absolute Gasteiger partial charge is 0.164 e. The van der Waals surface area contributed by atoms with Crippen molar-refractivity contribution in [3.63, 3.8) is 0 Å². The Morgan fingerprint density at radius 3 is 1.72 bits per heavy atom. The van der Waals surface area contributed by atoms with Gasteiger partial charge in [0.15, 0.2) is 17.5 Å². The molecule has 2 aliphatic carbocycles. The molecule has 0 amide bonds. The van der Waals surface area contributed by atoms with Crippen LogP contribution in [0.4, 0.5) is 0 Å². The van der Waals surface area contributed by atoms with Gasteiger partial charge in [-0.15, -0.1) is 0 Å². The van der Waals surface area contributed by atoms with Gasteiger partial charge in [-0.3, -0.25) is 0 Å². The molecule has 12 rings (SSSR count). The highest BCUT2D eigenvalue weighted by atomic mass is 16.5. The number of rotatable bonds is 5. The molecule has 4 heteroatoms. The first kappa shape index (κ1) is 34.4. The normalized spacial score (nSPS) is 13.7. The summed E-state index contributed by atoms with van der Waals surface area (Å²) >= 11 is 0. The summed E-state index contributed by atoms with van der Waals surface area (Å²) in [5.41, 5.74) is 16.8. The van der Waals surface area contributed by atoms with Gasteiger partial charge in [0.1, 0.15) is 11.5 Å². The molecule has 0 unspecified atom stereocenters. The number of hydrogen-bond donors (Lipinski definition) is 0. The molecule has 0 N–H and O–H groups in total. The number of ether oxygens (including phenoxy) is 1. The minimum absolute atomic E-state index is 0.539. The molecular formula is C56H37N3O. The zero-order valence-corrected chi connectivity index (χ0v) is 32.7. The van der Waals surface area contributed by atoms with Crippen molar-refractivity contribution in [2.24, 2.45) is 0 Å². The Hall–Kier alpha value is -7.69. The summed E-state index contributed by atoms with van der Waals surface area (Å²) in [6, 6.07) is 66.8. The van der Waals surface area contributed by atoms with Crippen LogP contribution in [-0.4, -0.2) is 15.0 Å². The van der Waals surface area contributed by atoms with E-state index in [2.05, 4.69) is 182 Å². The molecule has 0 bridgehead atoms. The van der Waals surface area contributed by atoms with Gasteiger partial charge in [-0.2, -0.15) is 0 Å². The Bertz CT molecular complexity index is 3140. The van der Waals surface area contributed by atoms with Gasteiger partial charge in [0.2, 0.25) is 0 Å². The van der Waals surface area contributed by atoms with Crippen LogP contribution >= 0.6 is 0 Å². The number of para-hydroxylation sites is 1. The lowest BCUT2D eigenvalue weighted by Gasteiger charge is -2.39. The van der Waals surface area contributed by atoms with E-state index in [0.717, 1.165) is 63.3 Å². The van der Waals surface area contributed by atoms with E-state index in [9.17, 15) is 0 Å². The third kappa shape index (κ3) is 5.27.